The molecule has 0 radical (unpaired) electrons. The normalized spacial score (nSPS) is 17.9. The van der Waals surface area contributed by atoms with Gasteiger partial charge in [0.1, 0.15) is 5.82 Å². The molecule has 0 aliphatic carbocycles. The quantitative estimate of drug-likeness (QED) is 0.847. The molecule has 3 rings (SSSR count). The Morgan fingerprint density at radius 1 is 1.36 bits per heavy atom. The highest BCUT2D eigenvalue weighted by Gasteiger charge is 2.26. The molecule has 116 valence electrons. The summed E-state index contributed by atoms with van der Waals surface area (Å²) in [5, 5.41) is 1.99. The Balaban J connectivity index is 1.47. The molecule has 1 aromatic carbocycles. The number of amides is 1. The van der Waals surface area contributed by atoms with Crippen molar-refractivity contribution in [3.05, 3.63) is 52.2 Å². The van der Waals surface area contributed by atoms with Crippen LogP contribution in [0.4, 0.5) is 4.39 Å². The summed E-state index contributed by atoms with van der Waals surface area (Å²) in [4.78, 5) is 18.4. The molecule has 1 unspecified atom stereocenters. The first-order valence-electron chi connectivity index (χ1n) is 7.60. The number of hydrogen-bond donors (Lipinski definition) is 0. The molecule has 0 bridgehead atoms. The maximum absolute atomic E-state index is 12.9. The van der Waals surface area contributed by atoms with Crippen molar-refractivity contribution in [1.82, 2.24) is 9.88 Å². The van der Waals surface area contributed by atoms with Crippen molar-refractivity contribution in [2.75, 3.05) is 13.1 Å². The molecule has 3 nitrogen and oxygen atoms in total. The van der Waals surface area contributed by atoms with Gasteiger partial charge < -0.3 is 4.90 Å². The van der Waals surface area contributed by atoms with Gasteiger partial charge in [0.15, 0.2) is 0 Å². The van der Waals surface area contributed by atoms with Crippen molar-refractivity contribution in [1.29, 1.82) is 0 Å². The van der Waals surface area contributed by atoms with Gasteiger partial charge in [0.2, 0.25) is 5.91 Å². The summed E-state index contributed by atoms with van der Waals surface area (Å²) in [6, 6.07) is 6.67. The number of aromatic nitrogens is 1. The van der Waals surface area contributed by atoms with E-state index in [1.54, 1.807) is 16.8 Å². The molecule has 2 aromatic rings. The summed E-state index contributed by atoms with van der Waals surface area (Å²) in [6.07, 6.45) is 3.20. The maximum atomic E-state index is 12.9. The number of nitrogens with zero attached hydrogens (tertiary/aromatic N) is 2. The Hall–Kier alpha value is -1.75. The molecule has 0 spiro atoms. The molecule has 1 aliphatic rings. The molecule has 1 aromatic heterocycles. The number of carbonyl (C=O) groups excluding carboxylic acids is 1. The Bertz CT molecular complexity index is 612. The maximum Gasteiger partial charge on any atom is 0.222 e. The highest BCUT2D eigenvalue weighted by molar-refractivity contribution is 7.07. The highest BCUT2D eigenvalue weighted by atomic mass is 32.1. The van der Waals surface area contributed by atoms with Gasteiger partial charge in [-0.05, 0) is 42.9 Å². The summed E-state index contributed by atoms with van der Waals surface area (Å²) in [6.45, 7) is 1.65. The Labute approximate surface area is 133 Å². The van der Waals surface area contributed by atoms with E-state index in [9.17, 15) is 9.18 Å². The molecule has 1 atom stereocenters. The number of rotatable bonds is 5. The molecular weight excluding hydrogens is 299 g/mol. The van der Waals surface area contributed by atoms with E-state index in [0.29, 0.717) is 12.3 Å². The SMILES string of the molecule is O=C(CCc1cscn1)N1CCC(Cc2ccc(F)cc2)C1. The molecule has 0 saturated carbocycles. The van der Waals surface area contributed by atoms with E-state index < -0.39 is 0 Å². The monoisotopic (exact) mass is 318 g/mol. The van der Waals surface area contributed by atoms with Gasteiger partial charge in [0.05, 0.1) is 11.2 Å². The molecule has 1 amide bonds. The predicted molar refractivity (Wildman–Crippen MR) is 85.2 cm³/mol. The van der Waals surface area contributed by atoms with E-state index in [-0.39, 0.29) is 11.7 Å². The number of likely N-dealkylation sites (tertiary alicyclic amines) is 1. The second kappa shape index (κ2) is 7.01. The molecule has 1 aliphatic heterocycles. The molecular formula is C17H19FN2OS. The van der Waals surface area contributed by atoms with Crippen LogP contribution >= 0.6 is 11.3 Å². The number of hydrogen-bond acceptors (Lipinski definition) is 3. The number of halogens is 1. The van der Waals surface area contributed by atoms with Crippen molar-refractivity contribution in [3.8, 4) is 0 Å². The first-order valence-corrected chi connectivity index (χ1v) is 8.54. The smallest absolute Gasteiger partial charge is 0.222 e. The van der Waals surface area contributed by atoms with Crippen molar-refractivity contribution >= 4 is 17.2 Å². The lowest BCUT2D eigenvalue weighted by atomic mass is 9.99. The van der Waals surface area contributed by atoms with Gasteiger partial charge in [-0.3, -0.25) is 4.79 Å². The molecule has 22 heavy (non-hydrogen) atoms. The number of benzene rings is 1. The first kappa shape index (κ1) is 15.2. The summed E-state index contributed by atoms with van der Waals surface area (Å²) in [5.74, 6) is 0.498. The minimum Gasteiger partial charge on any atom is -0.342 e. The van der Waals surface area contributed by atoms with E-state index in [1.165, 1.54) is 12.1 Å². The Morgan fingerprint density at radius 2 is 2.18 bits per heavy atom. The third-order valence-corrected chi connectivity index (χ3v) is 4.79. The zero-order chi connectivity index (χ0) is 15.4. The topological polar surface area (TPSA) is 33.2 Å². The standard InChI is InChI=1S/C17H19FN2OS/c18-15-3-1-13(2-4-15)9-14-7-8-20(10-14)17(21)6-5-16-11-22-12-19-16/h1-4,11-12,14H,5-10H2. The third kappa shape index (κ3) is 3.91. The number of aryl methyl sites for hydroxylation is 1. The van der Waals surface area contributed by atoms with Crippen molar-refractivity contribution < 1.29 is 9.18 Å². The zero-order valence-corrected chi connectivity index (χ0v) is 13.2. The fraction of sp³-hybridized carbons (Fsp3) is 0.412. The van der Waals surface area contributed by atoms with Crippen LogP contribution in [0, 0.1) is 11.7 Å². The number of carbonyl (C=O) groups is 1. The van der Waals surface area contributed by atoms with Gasteiger partial charge in [-0.1, -0.05) is 12.1 Å². The van der Waals surface area contributed by atoms with Crippen molar-refractivity contribution in [2.45, 2.75) is 25.7 Å². The molecule has 0 N–H and O–H groups in total. The summed E-state index contributed by atoms with van der Waals surface area (Å²) < 4.78 is 12.9. The largest absolute Gasteiger partial charge is 0.342 e. The minimum atomic E-state index is -0.200. The lowest BCUT2D eigenvalue weighted by Gasteiger charge is -2.16. The first-order chi connectivity index (χ1) is 10.7. The van der Waals surface area contributed by atoms with Crippen molar-refractivity contribution in [3.63, 3.8) is 0 Å². The van der Waals surface area contributed by atoms with Gasteiger partial charge in [-0.15, -0.1) is 11.3 Å². The van der Waals surface area contributed by atoms with Crippen LogP contribution in [0.2, 0.25) is 0 Å². The summed E-state index contributed by atoms with van der Waals surface area (Å²) in [5.41, 5.74) is 3.94. The Kier molecular flexibility index (Phi) is 4.83. The van der Waals surface area contributed by atoms with Crippen LogP contribution < -0.4 is 0 Å². The molecule has 5 heteroatoms. The van der Waals surface area contributed by atoms with Gasteiger partial charge in [0, 0.05) is 24.9 Å². The van der Waals surface area contributed by atoms with Crippen LogP contribution in [0.25, 0.3) is 0 Å². The second-order valence-electron chi connectivity index (χ2n) is 5.80. The van der Waals surface area contributed by atoms with Crippen LogP contribution in [0.15, 0.2) is 35.2 Å². The Morgan fingerprint density at radius 3 is 2.91 bits per heavy atom. The fourth-order valence-electron chi connectivity index (χ4n) is 2.93. The zero-order valence-electron chi connectivity index (χ0n) is 12.4. The van der Waals surface area contributed by atoms with E-state index in [4.69, 9.17) is 0 Å². The van der Waals surface area contributed by atoms with Crippen LogP contribution in [0.1, 0.15) is 24.1 Å². The minimum absolute atomic E-state index is 0.200. The van der Waals surface area contributed by atoms with Crippen molar-refractivity contribution in [2.24, 2.45) is 5.92 Å². The van der Waals surface area contributed by atoms with Gasteiger partial charge in [0.25, 0.3) is 0 Å². The van der Waals surface area contributed by atoms with Gasteiger partial charge in [-0.25, -0.2) is 9.37 Å². The predicted octanol–water partition coefficient (Wildman–Crippen LogP) is 3.31. The lowest BCUT2D eigenvalue weighted by molar-refractivity contribution is -0.130. The summed E-state index contributed by atoms with van der Waals surface area (Å²) in [7, 11) is 0. The van der Waals surface area contributed by atoms with E-state index in [2.05, 4.69) is 4.98 Å². The van der Waals surface area contributed by atoms with Crippen LogP contribution in [0.5, 0.6) is 0 Å². The van der Waals surface area contributed by atoms with E-state index >= 15 is 0 Å². The van der Waals surface area contributed by atoms with Gasteiger partial charge in [-0.2, -0.15) is 0 Å². The number of thiazole rings is 1. The van der Waals surface area contributed by atoms with E-state index in [0.717, 1.165) is 43.6 Å². The summed E-state index contributed by atoms with van der Waals surface area (Å²) >= 11 is 1.56. The lowest BCUT2D eigenvalue weighted by Crippen LogP contribution is -2.29. The van der Waals surface area contributed by atoms with E-state index in [1.807, 2.05) is 22.4 Å². The van der Waals surface area contributed by atoms with Crippen LogP contribution in [0.3, 0.4) is 0 Å². The van der Waals surface area contributed by atoms with Gasteiger partial charge >= 0.3 is 0 Å². The molecule has 2 heterocycles. The second-order valence-corrected chi connectivity index (χ2v) is 6.52. The van der Waals surface area contributed by atoms with Crippen LogP contribution in [-0.4, -0.2) is 28.9 Å². The molecule has 1 fully saturated rings. The highest BCUT2D eigenvalue weighted by Crippen LogP contribution is 2.22. The molecule has 1 saturated heterocycles. The average Bonchev–Trinajstić information content (AvgIpc) is 3.19. The average molecular weight is 318 g/mol. The van der Waals surface area contributed by atoms with Crippen LogP contribution in [-0.2, 0) is 17.6 Å². The third-order valence-electron chi connectivity index (χ3n) is 4.15. The fourth-order valence-corrected chi connectivity index (χ4v) is 3.53.